The first-order valence-corrected chi connectivity index (χ1v) is 8.83. The van der Waals surface area contributed by atoms with Crippen LogP contribution in [0.15, 0.2) is 24.3 Å². The molecule has 1 aromatic heterocycles. The molecule has 1 amide bonds. The Bertz CT molecular complexity index is 821. The van der Waals surface area contributed by atoms with Gasteiger partial charge in [0.25, 0.3) is 0 Å². The lowest BCUT2D eigenvalue weighted by atomic mass is 9.82. The van der Waals surface area contributed by atoms with Crippen molar-refractivity contribution in [2.75, 3.05) is 0 Å². The molecule has 0 bridgehead atoms. The largest absolute Gasteiger partial charge is 0.444 e. The van der Waals surface area contributed by atoms with E-state index in [1.54, 1.807) is 0 Å². The monoisotopic (exact) mass is 340 g/mol. The summed E-state index contributed by atoms with van der Waals surface area (Å²) in [5, 5.41) is 8.62. The fourth-order valence-electron chi connectivity index (χ4n) is 3.96. The Balaban J connectivity index is 1.80. The maximum atomic E-state index is 13.0. The molecule has 25 heavy (non-hydrogen) atoms. The summed E-state index contributed by atoms with van der Waals surface area (Å²) >= 11 is 0. The minimum absolute atomic E-state index is 0.0617. The molecule has 2 aliphatic rings. The lowest BCUT2D eigenvalue weighted by Crippen LogP contribution is -2.47. The summed E-state index contributed by atoms with van der Waals surface area (Å²) < 4.78 is 7.73. The van der Waals surface area contributed by atoms with E-state index >= 15 is 0 Å². The summed E-state index contributed by atoms with van der Waals surface area (Å²) in [5.41, 5.74) is 3.87. The molecule has 1 aliphatic heterocycles. The van der Waals surface area contributed by atoms with Crippen LogP contribution in [0.5, 0.6) is 0 Å². The first-order valence-electron chi connectivity index (χ1n) is 8.83. The predicted octanol–water partition coefficient (Wildman–Crippen LogP) is 3.57. The number of aromatic nitrogens is 3. The highest BCUT2D eigenvalue weighted by Crippen LogP contribution is 2.45. The van der Waals surface area contributed by atoms with E-state index in [1.807, 2.05) is 43.3 Å². The average molecular weight is 340 g/mol. The Morgan fingerprint density at radius 3 is 2.80 bits per heavy atom. The van der Waals surface area contributed by atoms with Gasteiger partial charge in [-0.15, -0.1) is 5.10 Å². The van der Waals surface area contributed by atoms with Gasteiger partial charge in [0.05, 0.1) is 30.0 Å². The number of carbonyl (C=O) groups excluding carboxylic acids is 1. The number of carbonyl (C=O) groups is 1. The number of fused-ring (bicyclic) bond motifs is 5. The molecule has 0 radical (unpaired) electrons. The van der Waals surface area contributed by atoms with Crippen LogP contribution >= 0.6 is 0 Å². The van der Waals surface area contributed by atoms with Crippen molar-refractivity contribution in [3.05, 3.63) is 46.8 Å². The lowest BCUT2D eigenvalue weighted by Gasteiger charge is -2.44. The average Bonchev–Trinajstić information content (AvgIpc) is 2.93. The molecule has 0 N–H and O–H groups in total. The van der Waals surface area contributed by atoms with E-state index in [9.17, 15) is 4.79 Å². The van der Waals surface area contributed by atoms with Crippen LogP contribution < -0.4 is 0 Å². The highest BCUT2D eigenvalue weighted by atomic mass is 16.6. The van der Waals surface area contributed by atoms with Gasteiger partial charge in [-0.2, -0.15) is 0 Å². The molecule has 0 spiro atoms. The van der Waals surface area contributed by atoms with Crippen molar-refractivity contribution in [2.45, 2.75) is 64.8 Å². The minimum Gasteiger partial charge on any atom is -0.444 e. The van der Waals surface area contributed by atoms with Crippen LogP contribution in [0.4, 0.5) is 4.79 Å². The maximum Gasteiger partial charge on any atom is 0.411 e. The fraction of sp³-hybridized carbons (Fsp3) is 0.526. The third-order valence-corrected chi connectivity index (χ3v) is 5.03. The molecule has 0 fully saturated rings. The Labute approximate surface area is 147 Å². The third-order valence-electron chi connectivity index (χ3n) is 5.03. The summed E-state index contributed by atoms with van der Waals surface area (Å²) in [5.74, 6) is 0. The van der Waals surface area contributed by atoms with E-state index < -0.39 is 5.60 Å². The number of ether oxygens (including phenoxy) is 1. The van der Waals surface area contributed by atoms with Crippen LogP contribution in [-0.4, -0.2) is 31.6 Å². The van der Waals surface area contributed by atoms with E-state index in [0.29, 0.717) is 6.54 Å². The Hall–Kier alpha value is -2.37. The Morgan fingerprint density at radius 1 is 1.28 bits per heavy atom. The van der Waals surface area contributed by atoms with Gasteiger partial charge in [0, 0.05) is 0 Å². The molecule has 2 aromatic rings. The Kier molecular flexibility index (Phi) is 3.60. The van der Waals surface area contributed by atoms with Crippen LogP contribution in [-0.2, 0) is 17.7 Å². The van der Waals surface area contributed by atoms with Crippen LogP contribution in [0, 0.1) is 6.92 Å². The number of rotatable bonds is 0. The third kappa shape index (κ3) is 2.69. The summed E-state index contributed by atoms with van der Waals surface area (Å²) in [7, 11) is 0. The number of benzene rings is 1. The first-order chi connectivity index (χ1) is 11.8. The summed E-state index contributed by atoms with van der Waals surface area (Å²) in [4.78, 5) is 14.8. The minimum atomic E-state index is -0.522. The van der Waals surface area contributed by atoms with E-state index in [4.69, 9.17) is 4.74 Å². The highest BCUT2D eigenvalue weighted by Gasteiger charge is 2.44. The molecule has 2 atom stereocenters. The van der Waals surface area contributed by atoms with E-state index in [-0.39, 0.29) is 18.2 Å². The number of aryl methyl sites for hydroxylation is 2. The molecular weight excluding hydrogens is 316 g/mol. The molecule has 0 saturated heterocycles. The van der Waals surface area contributed by atoms with Gasteiger partial charge in [-0.1, -0.05) is 29.5 Å². The van der Waals surface area contributed by atoms with Crippen LogP contribution in [0.2, 0.25) is 0 Å². The highest BCUT2D eigenvalue weighted by molar-refractivity contribution is 5.69. The van der Waals surface area contributed by atoms with Gasteiger partial charge < -0.3 is 4.74 Å². The van der Waals surface area contributed by atoms with Gasteiger partial charge in [-0.05, 0) is 51.7 Å². The van der Waals surface area contributed by atoms with Crippen molar-refractivity contribution in [3.8, 4) is 0 Å². The van der Waals surface area contributed by atoms with Gasteiger partial charge in [0.1, 0.15) is 5.60 Å². The molecule has 4 rings (SSSR count). The zero-order valence-corrected chi connectivity index (χ0v) is 15.2. The van der Waals surface area contributed by atoms with Gasteiger partial charge in [-0.3, -0.25) is 4.90 Å². The molecule has 2 heterocycles. The van der Waals surface area contributed by atoms with Crippen molar-refractivity contribution >= 4 is 6.09 Å². The van der Waals surface area contributed by atoms with Gasteiger partial charge in [0.2, 0.25) is 0 Å². The fourth-order valence-corrected chi connectivity index (χ4v) is 3.96. The number of amides is 1. The molecule has 1 aliphatic carbocycles. The van der Waals surface area contributed by atoms with Gasteiger partial charge in [-0.25, -0.2) is 9.48 Å². The van der Waals surface area contributed by atoms with Gasteiger partial charge >= 0.3 is 6.09 Å². The molecule has 0 saturated carbocycles. The lowest BCUT2D eigenvalue weighted by molar-refractivity contribution is -0.00339. The van der Waals surface area contributed by atoms with Crippen LogP contribution in [0.1, 0.15) is 61.8 Å². The second-order valence-electron chi connectivity index (χ2n) is 7.92. The zero-order chi connectivity index (χ0) is 17.8. The molecule has 132 valence electrons. The van der Waals surface area contributed by atoms with E-state index in [0.717, 1.165) is 24.2 Å². The van der Waals surface area contributed by atoms with Crippen LogP contribution in [0.25, 0.3) is 0 Å². The summed E-state index contributed by atoms with van der Waals surface area (Å²) in [6.07, 6.45) is 1.65. The van der Waals surface area contributed by atoms with Crippen molar-refractivity contribution in [2.24, 2.45) is 0 Å². The molecule has 6 heteroatoms. The smallest absolute Gasteiger partial charge is 0.411 e. The zero-order valence-electron chi connectivity index (χ0n) is 15.2. The molecule has 6 nitrogen and oxygen atoms in total. The number of nitrogens with zero attached hydrogens (tertiary/aromatic N) is 4. The normalized spacial score (nSPS) is 22.0. The number of hydrogen-bond acceptors (Lipinski definition) is 4. The second-order valence-corrected chi connectivity index (χ2v) is 7.92. The van der Waals surface area contributed by atoms with E-state index in [1.165, 1.54) is 11.1 Å². The number of hydrogen-bond donors (Lipinski definition) is 0. The molecule has 0 unspecified atom stereocenters. The van der Waals surface area contributed by atoms with Crippen molar-refractivity contribution in [1.82, 2.24) is 19.9 Å². The SMILES string of the molecule is Cc1nnn2c1CN(C(=O)OC(C)(C)C)[C@@H]1c3ccccc3CC[C@H]12. The molecular formula is C19H24N4O2. The Morgan fingerprint density at radius 2 is 2.04 bits per heavy atom. The topological polar surface area (TPSA) is 60.2 Å². The second kappa shape index (κ2) is 5.58. The predicted molar refractivity (Wildman–Crippen MR) is 93.1 cm³/mol. The van der Waals surface area contributed by atoms with Crippen LogP contribution in [0.3, 0.4) is 0 Å². The summed E-state index contributed by atoms with van der Waals surface area (Å²) in [6, 6.07) is 8.42. The van der Waals surface area contributed by atoms with E-state index in [2.05, 4.69) is 28.5 Å². The van der Waals surface area contributed by atoms with Crippen molar-refractivity contribution < 1.29 is 9.53 Å². The first kappa shape index (κ1) is 16.1. The van der Waals surface area contributed by atoms with Gasteiger partial charge in [0.15, 0.2) is 0 Å². The van der Waals surface area contributed by atoms with Crippen molar-refractivity contribution in [1.29, 1.82) is 0 Å². The quantitative estimate of drug-likeness (QED) is 0.736. The maximum absolute atomic E-state index is 13.0. The van der Waals surface area contributed by atoms with Crippen molar-refractivity contribution in [3.63, 3.8) is 0 Å². The summed E-state index contributed by atoms with van der Waals surface area (Å²) in [6.45, 7) is 8.13. The standard InChI is InChI=1S/C19H24N4O2/c1-12-16-11-22(18(24)25-19(2,3)4)17-14-8-6-5-7-13(14)9-10-15(17)23(16)21-20-12/h5-8,15,17H,9-11H2,1-4H3/t15-,17-/m1/s1. The molecule has 1 aromatic carbocycles.